The second-order valence-corrected chi connectivity index (χ2v) is 7.55. The topological polar surface area (TPSA) is 80.4 Å². The fraction of sp³-hybridized carbons (Fsp3) is 0.900. The molecule has 0 bridgehead atoms. The van der Waals surface area contributed by atoms with E-state index in [0.29, 0.717) is 17.7 Å². The SMILES string of the molecule is CCCCCC(N)CC[C@H]1CCC(=O)[C@@H]1CCCCCCC(=O)O. The lowest BCUT2D eigenvalue weighted by atomic mass is 9.85. The van der Waals surface area contributed by atoms with Crippen LogP contribution in [0.1, 0.15) is 96.8 Å². The van der Waals surface area contributed by atoms with Crippen LogP contribution in [0.5, 0.6) is 0 Å². The predicted octanol–water partition coefficient (Wildman–Crippen LogP) is 4.69. The van der Waals surface area contributed by atoms with E-state index in [9.17, 15) is 9.59 Å². The summed E-state index contributed by atoms with van der Waals surface area (Å²) in [6.45, 7) is 2.21. The van der Waals surface area contributed by atoms with Crippen LogP contribution >= 0.6 is 0 Å². The molecular formula is C20H37NO3. The lowest BCUT2D eigenvalue weighted by Crippen LogP contribution is -2.22. The van der Waals surface area contributed by atoms with E-state index < -0.39 is 5.97 Å². The van der Waals surface area contributed by atoms with E-state index in [1.54, 1.807) is 0 Å². The van der Waals surface area contributed by atoms with E-state index in [-0.39, 0.29) is 12.3 Å². The van der Waals surface area contributed by atoms with Crippen molar-refractivity contribution in [3.63, 3.8) is 0 Å². The Kier molecular flexibility index (Phi) is 11.0. The summed E-state index contributed by atoms with van der Waals surface area (Å²) in [4.78, 5) is 22.6. The minimum Gasteiger partial charge on any atom is -0.481 e. The number of ketones is 1. The number of carbonyl (C=O) groups is 2. The van der Waals surface area contributed by atoms with Crippen LogP contribution in [0.2, 0.25) is 0 Å². The molecule has 140 valence electrons. The van der Waals surface area contributed by atoms with Crippen molar-refractivity contribution in [1.82, 2.24) is 0 Å². The first-order valence-electron chi connectivity index (χ1n) is 10.0. The van der Waals surface area contributed by atoms with Crippen molar-refractivity contribution in [3.05, 3.63) is 0 Å². The van der Waals surface area contributed by atoms with Crippen LogP contribution in [0.4, 0.5) is 0 Å². The Morgan fingerprint density at radius 2 is 1.88 bits per heavy atom. The number of hydrogen-bond acceptors (Lipinski definition) is 3. The molecule has 0 amide bonds. The van der Waals surface area contributed by atoms with Gasteiger partial charge >= 0.3 is 5.97 Å². The van der Waals surface area contributed by atoms with Gasteiger partial charge in [0.2, 0.25) is 0 Å². The molecule has 0 aliphatic heterocycles. The van der Waals surface area contributed by atoms with E-state index in [4.69, 9.17) is 10.8 Å². The molecule has 0 aromatic carbocycles. The summed E-state index contributed by atoms with van der Waals surface area (Å²) < 4.78 is 0. The monoisotopic (exact) mass is 339 g/mol. The normalized spacial score (nSPS) is 22.0. The number of nitrogens with two attached hydrogens (primary N) is 1. The number of carboxylic acids is 1. The number of carboxylic acid groups (broad SMARTS) is 1. The van der Waals surface area contributed by atoms with Crippen LogP contribution in [-0.2, 0) is 9.59 Å². The van der Waals surface area contributed by atoms with Gasteiger partial charge in [0.1, 0.15) is 5.78 Å². The molecular weight excluding hydrogens is 302 g/mol. The first-order valence-corrected chi connectivity index (χ1v) is 10.0. The number of hydrogen-bond donors (Lipinski definition) is 2. The predicted molar refractivity (Wildman–Crippen MR) is 97.9 cm³/mol. The van der Waals surface area contributed by atoms with Crippen molar-refractivity contribution in [2.75, 3.05) is 0 Å². The quantitative estimate of drug-likeness (QED) is 0.450. The summed E-state index contributed by atoms with van der Waals surface area (Å²) >= 11 is 0. The van der Waals surface area contributed by atoms with E-state index >= 15 is 0 Å². The Bertz CT molecular complexity index is 370. The minimum atomic E-state index is -0.712. The van der Waals surface area contributed by atoms with E-state index in [1.165, 1.54) is 19.3 Å². The second kappa shape index (κ2) is 12.5. The summed E-state index contributed by atoms with van der Waals surface area (Å²) in [5, 5.41) is 8.63. The Morgan fingerprint density at radius 3 is 2.58 bits per heavy atom. The van der Waals surface area contributed by atoms with Gasteiger partial charge in [-0.15, -0.1) is 0 Å². The number of Topliss-reactive ketones (excluding diaryl/α,β-unsaturated/α-hetero) is 1. The molecule has 4 nitrogen and oxygen atoms in total. The van der Waals surface area contributed by atoms with Crippen LogP contribution in [0.15, 0.2) is 0 Å². The average Bonchev–Trinajstić information content (AvgIpc) is 2.89. The number of carbonyl (C=O) groups excluding carboxylic acids is 1. The van der Waals surface area contributed by atoms with Gasteiger partial charge in [-0.3, -0.25) is 9.59 Å². The Morgan fingerprint density at radius 1 is 1.12 bits per heavy atom. The van der Waals surface area contributed by atoms with Crippen LogP contribution in [-0.4, -0.2) is 22.9 Å². The zero-order valence-corrected chi connectivity index (χ0v) is 15.5. The molecule has 1 saturated carbocycles. The maximum absolute atomic E-state index is 12.1. The maximum atomic E-state index is 12.1. The van der Waals surface area contributed by atoms with Gasteiger partial charge in [-0.05, 0) is 44.4 Å². The Labute approximate surface area is 147 Å². The van der Waals surface area contributed by atoms with Crippen molar-refractivity contribution >= 4 is 11.8 Å². The summed E-state index contributed by atoms with van der Waals surface area (Å²) in [6.07, 6.45) is 13.8. The molecule has 1 rings (SSSR count). The third kappa shape index (κ3) is 8.81. The minimum absolute atomic E-state index is 0.243. The highest BCUT2D eigenvalue weighted by Gasteiger charge is 2.33. The molecule has 0 aromatic heterocycles. The standard InChI is InChI=1S/C20H37NO3/c1-2-3-6-9-17(21)14-12-16-13-15-19(22)18(16)10-7-4-5-8-11-20(23)24/h16-18H,2-15,21H2,1H3,(H,23,24)/t16-,17?,18+/m0/s1. The van der Waals surface area contributed by atoms with Crippen molar-refractivity contribution in [1.29, 1.82) is 0 Å². The summed E-state index contributed by atoms with van der Waals surface area (Å²) in [7, 11) is 0. The fourth-order valence-electron chi connectivity index (χ4n) is 3.94. The Hall–Kier alpha value is -0.900. The molecule has 4 heteroatoms. The van der Waals surface area contributed by atoms with Gasteiger partial charge in [-0.25, -0.2) is 0 Å². The molecule has 1 aliphatic rings. The first kappa shape index (κ1) is 21.1. The summed E-state index contributed by atoms with van der Waals surface area (Å²) in [5.41, 5.74) is 6.22. The summed E-state index contributed by atoms with van der Waals surface area (Å²) in [6, 6.07) is 0.295. The third-order valence-corrected chi connectivity index (χ3v) is 5.49. The number of unbranched alkanes of at least 4 members (excludes halogenated alkanes) is 5. The highest BCUT2D eigenvalue weighted by molar-refractivity contribution is 5.83. The van der Waals surface area contributed by atoms with Gasteiger partial charge in [-0.1, -0.05) is 45.4 Å². The third-order valence-electron chi connectivity index (χ3n) is 5.49. The molecule has 0 aromatic rings. The van der Waals surface area contributed by atoms with Crippen molar-refractivity contribution in [3.8, 4) is 0 Å². The van der Waals surface area contributed by atoms with Crippen molar-refractivity contribution in [2.24, 2.45) is 17.6 Å². The molecule has 3 N–H and O–H groups in total. The molecule has 24 heavy (non-hydrogen) atoms. The first-order chi connectivity index (χ1) is 11.5. The smallest absolute Gasteiger partial charge is 0.303 e. The molecule has 0 heterocycles. The van der Waals surface area contributed by atoms with Crippen molar-refractivity contribution < 1.29 is 14.7 Å². The van der Waals surface area contributed by atoms with Crippen molar-refractivity contribution in [2.45, 2.75) is 103 Å². The van der Waals surface area contributed by atoms with E-state index in [1.807, 2.05) is 0 Å². The zero-order chi connectivity index (χ0) is 17.8. The van der Waals surface area contributed by atoms with Gasteiger partial charge in [0.05, 0.1) is 0 Å². The number of rotatable bonds is 14. The molecule has 0 spiro atoms. The molecule has 1 unspecified atom stereocenters. The highest BCUT2D eigenvalue weighted by atomic mass is 16.4. The lowest BCUT2D eigenvalue weighted by molar-refractivity contribution is -0.137. The number of aliphatic carboxylic acids is 1. The average molecular weight is 340 g/mol. The van der Waals surface area contributed by atoms with Gasteiger partial charge in [-0.2, -0.15) is 0 Å². The van der Waals surface area contributed by atoms with Crippen LogP contribution in [0.25, 0.3) is 0 Å². The van der Waals surface area contributed by atoms with Crippen LogP contribution in [0, 0.1) is 11.8 Å². The molecule has 0 radical (unpaired) electrons. The van der Waals surface area contributed by atoms with Crippen LogP contribution in [0.3, 0.4) is 0 Å². The lowest BCUT2D eigenvalue weighted by Gasteiger charge is -2.20. The van der Waals surface area contributed by atoms with Gasteiger partial charge in [0.25, 0.3) is 0 Å². The van der Waals surface area contributed by atoms with Gasteiger partial charge in [0, 0.05) is 24.8 Å². The summed E-state index contributed by atoms with van der Waals surface area (Å²) in [5.74, 6) is 0.516. The zero-order valence-electron chi connectivity index (χ0n) is 15.5. The molecule has 1 aliphatic carbocycles. The van der Waals surface area contributed by atoms with Gasteiger partial charge in [0.15, 0.2) is 0 Å². The largest absolute Gasteiger partial charge is 0.481 e. The molecule has 1 fully saturated rings. The van der Waals surface area contributed by atoms with Crippen LogP contribution < -0.4 is 5.73 Å². The molecule has 0 saturated heterocycles. The Balaban J connectivity index is 2.19. The maximum Gasteiger partial charge on any atom is 0.303 e. The van der Waals surface area contributed by atoms with Gasteiger partial charge < -0.3 is 10.8 Å². The highest BCUT2D eigenvalue weighted by Crippen LogP contribution is 2.36. The second-order valence-electron chi connectivity index (χ2n) is 7.55. The van der Waals surface area contributed by atoms with E-state index in [2.05, 4.69) is 6.92 Å². The fourth-order valence-corrected chi connectivity index (χ4v) is 3.94. The van der Waals surface area contributed by atoms with E-state index in [0.717, 1.165) is 64.2 Å². The molecule has 3 atom stereocenters.